The molecule has 4 nitrogen and oxygen atoms in total. The largest absolute Gasteiger partial charge is 0.444 e. The summed E-state index contributed by atoms with van der Waals surface area (Å²) in [5.41, 5.74) is -0.421. The Bertz CT molecular complexity index is 232. The van der Waals surface area contributed by atoms with Crippen molar-refractivity contribution in [3.63, 3.8) is 0 Å². The van der Waals surface area contributed by atoms with Crippen LogP contribution in [0.4, 0.5) is 4.79 Å². The zero-order valence-electron chi connectivity index (χ0n) is 10.8. The second-order valence-electron chi connectivity index (χ2n) is 5.56. The van der Waals surface area contributed by atoms with Gasteiger partial charge in [-0.25, -0.2) is 4.79 Å². The molecule has 0 saturated heterocycles. The Kier molecular flexibility index (Phi) is 4.59. The van der Waals surface area contributed by atoms with Crippen LogP contribution in [-0.2, 0) is 4.74 Å². The number of carbonyl (C=O) groups excluding carboxylic acids is 1. The van der Waals surface area contributed by atoms with Crippen molar-refractivity contribution in [3.8, 4) is 0 Å². The van der Waals surface area contributed by atoms with Crippen molar-refractivity contribution in [2.75, 3.05) is 6.54 Å². The van der Waals surface area contributed by atoms with Gasteiger partial charge in [-0.1, -0.05) is 0 Å². The number of amides is 1. The number of rotatable bonds is 5. The fraction of sp³-hybridized carbons (Fsp3) is 0.917. The highest BCUT2D eigenvalue weighted by Crippen LogP contribution is 2.18. The molecule has 1 rings (SSSR count). The number of alkyl carbamates (subject to hydrolysis) is 1. The lowest BCUT2D eigenvalue weighted by Gasteiger charge is -2.22. The first-order valence-corrected chi connectivity index (χ1v) is 6.10. The summed E-state index contributed by atoms with van der Waals surface area (Å²) in [4.78, 5) is 11.4. The molecule has 16 heavy (non-hydrogen) atoms. The van der Waals surface area contributed by atoms with E-state index >= 15 is 0 Å². The Morgan fingerprint density at radius 3 is 2.56 bits per heavy atom. The first-order chi connectivity index (χ1) is 7.37. The van der Waals surface area contributed by atoms with Crippen molar-refractivity contribution in [1.29, 1.82) is 0 Å². The van der Waals surface area contributed by atoms with Gasteiger partial charge in [0.2, 0.25) is 0 Å². The number of nitrogens with one attached hydrogen (secondary N) is 2. The molecule has 1 aliphatic carbocycles. The van der Waals surface area contributed by atoms with Gasteiger partial charge in [-0.2, -0.15) is 0 Å². The van der Waals surface area contributed by atoms with Crippen LogP contribution in [0, 0.1) is 0 Å². The summed E-state index contributed by atoms with van der Waals surface area (Å²) in [6, 6.07) is 0.884. The highest BCUT2D eigenvalue weighted by Gasteiger charge is 2.21. The van der Waals surface area contributed by atoms with E-state index in [1.165, 1.54) is 12.8 Å². The predicted octanol–water partition coefficient (Wildman–Crippen LogP) is 2.04. The molecule has 0 heterocycles. The van der Waals surface area contributed by atoms with Crippen molar-refractivity contribution in [3.05, 3.63) is 0 Å². The van der Waals surface area contributed by atoms with Crippen LogP contribution in [0.15, 0.2) is 0 Å². The van der Waals surface area contributed by atoms with Gasteiger partial charge in [0.15, 0.2) is 0 Å². The fourth-order valence-electron chi connectivity index (χ4n) is 1.37. The molecule has 0 aromatic heterocycles. The molecule has 0 aromatic rings. The maximum Gasteiger partial charge on any atom is 0.407 e. The molecule has 0 aliphatic heterocycles. The van der Waals surface area contributed by atoms with Crippen LogP contribution in [0.3, 0.4) is 0 Å². The van der Waals surface area contributed by atoms with Gasteiger partial charge < -0.3 is 15.4 Å². The van der Waals surface area contributed by atoms with Gasteiger partial charge in [-0.05, 0) is 53.5 Å². The van der Waals surface area contributed by atoms with E-state index < -0.39 is 5.60 Å². The smallest absolute Gasteiger partial charge is 0.407 e. The second kappa shape index (κ2) is 5.53. The molecule has 0 spiro atoms. The van der Waals surface area contributed by atoms with Crippen molar-refractivity contribution in [1.82, 2.24) is 10.6 Å². The van der Waals surface area contributed by atoms with E-state index in [0.717, 1.165) is 19.0 Å². The minimum atomic E-state index is -0.421. The molecule has 1 fully saturated rings. The molecule has 1 amide bonds. The SMILES string of the molecule is CC(CCNC1CC1)NC(=O)OC(C)(C)C. The van der Waals surface area contributed by atoms with Crippen LogP contribution in [0.1, 0.15) is 47.0 Å². The predicted molar refractivity (Wildman–Crippen MR) is 64.5 cm³/mol. The molecule has 1 aliphatic rings. The summed E-state index contributed by atoms with van der Waals surface area (Å²) in [6.07, 6.45) is 3.21. The number of ether oxygens (including phenoxy) is 1. The topological polar surface area (TPSA) is 50.4 Å². The minimum Gasteiger partial charge on any atom is -0.444 e. The highest BCUT2D eigenvalue weighted by molar-refractivity contribution is 5.67. The van der Waals surface area contributed by atoms with E-state index in [1.807, 2.05) is 27.7 Å². The molecular formula is C12H24N2O2. The third-order valence-electron chi connectivity index (χ3n) is 2.35. The molecule has 1 saturated carbocycles. The quantitative estimate of drug-likeness (QED) is 0.757. The van der Waals surface area contributed by atoms with E-state index in [9.17, 15) is 4.79 Å². The lowest BCUT2D eigenvalue weighted by Crippen LogP contribution is -2.39. The Balaban J connectivity index is 2.07. The fourth-order valence-corrected chi connectivity index (χ4v) is 1.37. The van der Waals surface area contributed by atoms with E-state index in [1.54, 1.807) is 0 Å². The standard InChI is InChI=1S/C12H24N2O2/c1-9(7-8-13-10-5-6-10)14-11(15)16-12(2,3)4/h9-10,13H,5-8H2,1-4H3,(H,14,15). The van der Waals surface area contributed by atoms with E-state index in [0.29, 0.717) is 0 Å². The summed E-state index contributed by atoms with van der Waals surface area (Å²) < 4.78 is 5.18. The van der Waals surface area contributed by atoms with Crippen LogP contribution in [-0.4, -0.2) is 30.3 Å². The lowest BCUT2D eigenvalue weighted by atomic mass is 10.2. The average molecular weight is 228 g/mol. The van der Waals surface area contributed by atoms with Crippen molar-refractivity contribution in [2.45, 2.75) is 64.6 Å². The number of hydrogen-bond donors (Lipinski definition) is 2. The summed E-state index contributed by atoms with van der Waals surface area (Å²) in [5.74, 6) is 0. The highest BCUT2D eigenvalue weighted by atomic mass is 16.6. The molecule has 0 radical (unpaired) electrons. The molecule has 4 heteroatoms. The third kappa shape index (κ3) is 6.67. The first kappa shape index (κ1) is 13.3. The molecule has 1 atom stereocenters. The molecule has 94 valence electrons. The van der Waals surface area contributed by atoms with Gasteiger partial charge >= 0.3 is 6.09 Å². The monoisotopic (exact) mass is 228 g/mol. The molecular weight excluding hydrogens is 204 g/mol. The normalized spacial score (nSPS) is 18.0. The molecule has 2 N–H and O–H groups in total. The number of carbonyl (C=O) groups is 1. The Hall–Kier alpha value is -0.770. The first-order valence-electron chi connectivity index (χ1n) is 6.10. The van der Waals surface area contributed by atoms with E-state index in [2.05, 4.69) is 10.6 Å². The molecule has 0 aromatic carbocycles. The Morgan fingerprint density at radius 2 is 2.06 bits per heavy atom. The van der Waals surface area contributed by atoms with Crippen molar-refractivity contribution in [2.24, 2.45) is 0 Å². The maximum absolute atomic E-state index is 11.4. The van der Waals surface area contributed by atoms with Crippen LogP contribution < -0.4 is 10.6 Å². The second-order valence-corrected chi connectivity index (χ2v) is 5.56. The minimum absolute atomic E-state index is 0.154. The van der Waals surface area contributed by atoms with Crippen molar-refractivity contribution >= 4 is 6.09 Å². The summed E-state index contributed by atoms with van der Waals surface area (Å²) in [7, 11) is 0. The van der Waals surface area contributed by atoms with Gasteiger partial charge in [0, 0.05) is 12.1 Å². The zero-order chi connectivity index (χ0) is 12.2. The van der Waals surface area contributed by atoms with Gasteiger partial charge in [-0.3, -0.25) is 0 Å². The van der Waals surface area contributed by atoms with E-state index in [4.69, 9.17) is 4.74 Å². The van der Waals surface area contributed by atoms with Crippen LogP contribution >= 0.6 is 0 Å². The average Bonchev–Trinajstić information content (AvgIpc) is 2.83. The maximum atomic E-state index is 11.4. The van der Waals surface area contributed by atoms with Crippen molar-refractivity contribution < 1.29 is 9.53 Å². The van der Waals surface area contributed by atoms with Gasteiger partial charge in [0.1, 0.15) is 5.60 Å². The summed E-state index contributed by atoms with van der Waals surface area (Å²) in [6.45, 7) is 8.56. The van der Waals surface area contributed by atoms with Gasteiger partial charge in [-0.15, -0.1) is 0 Å². The van der Waals surface area contributed by atoms with Gasteiger partial charge in [0.25, 0.3) is 0 Å². The summed E-state index contributed by atoms with van der Waals surface area (Å²) >= 11 is 0. The molecule has 1 unspecified atom stereocenters. The lowest BCUT2D eigenvalue weighted by molar-refractivity contribution is 0.0506. The third-order valence-corrected chi connectivity index (χ3v) is 2.35. The Labute approximate surface area is 98.1 Å². The van der Waals surface area contributed by atoms with Crippen LogP contribution in [0.2, 0.25) is 0 Å². The molecule has 0 bridgehead atoms. The van der Waals surface area contributed by atoms with Gasteiger partial charge in [0.05, 0.1) is 0 Å². The van der Waals surface area contributed by atoms with E-state index in [-0.39, 0.29) is 12.1 Å². The number of hydrogen-bond acceptors (Lipinski definition) is 3. The van der Waals surface area contributed by atoms with Crippen LogP contribution in [0.25, 0.3) is 0 Å². The van der Waals surface area contributed by atoms with Crippen LogP contribution in [0.5, 0.6) is 0 Å². The zero-order valence-corrected chi connectivity index (χ0v) is 10.8. The summed E-state index contributed by atoms with van der Waals surface area (Å²) in [5, 5.41) is 6.25. The Morgan fingerprint density at radius 1 is 1.44 bits per heavy atom.